The molecule has 1 aromatic heterocycles. The lowest BCUT2D eigenvalue weighted by atomic mass is 10.1. The van der Waals surface area contributed by atoms with Gasteiger partial charge in [-0.3, -0.25) is 9.59 Å². The SMILES string of the molecule is CCC(NC(=O)c1cn(C(C)(C)C)nn1)C(=O)N1CCOCC1. The van der Waals surface area contributed by atoms with E-state index >= 15 is 0 Å². The number of amides is 2. The standard InChI is InChI=1S/C15H25N5O3/c1-5-11(14(22)19-6-8-23-9-7-19)16-13(21)12-10-20(18-17-12)15(2,3)4/h10-11H,5-9H2,1-4H3,(H,16,21). The molecule has 2 rings (SSSR count). The molecule has 23 heavy (non-hydrogen) atoms. The molecule has 2 heterocycles. The molecule has 1 saturated heterocycles. The molecule has 0 aromatic carbocycles. The van der Waals surface area contributed by atoms with Crippen LogP contribution in [0.5, 0.6) is 0 Å². The maximum atomic E-state index is 12.5. The summed E-state index contributed by atoms with van der Waals surface area (Å²) < 4.78 is 6.88. The number of ether oxygens (including phenoxy) is 1. The third kappa shape index (κ3) is 4.28. The van der Waals surface area contributed by atoms with Crippen molar-refractivity contribution in [2.24, 2.45) is 0 Å². The fourth-order valence-corrected chi connectivity index (χ4v) is 2.27. The van der Waals surface area contributed by atoms with Gasteiger partial charge < -0.3 is 15.0 Å². The Bertz CT molecular complexity index is 558. The summed E-state index contributed by atoms with van der Waals surface area (Å²) in [6, 6.07) is -0.555. The number of nitrogens with zero attached hydrogens (tertiary/aromatic N) is 4. The number of rotatable bonds is 4. The molecule has 1 aliphatic heterocycles. The summed E-state index contributed by atoms with van der Waals surface area (Å²) >= 11 is 0. The topological polar surface area (TPSA) is 89.3 Å². The van der Waals surface area contributed by atoms with Crippen molar-refractivity contribution in [3.05, 3.63) is 11.9 Å². The molecule has 0 aliphatic carbocycles. The van der Waals surface area contributed by atoms with Crippen LogP contribution in [-0.2, 0) is 15.1 Å². The lowest BCUT2D eigenvalue weighted by Gasteiger charge is -2.30. The zero-order chi connectivity index (χ0) is 17.0. The molecule has 2 amide bonds. The van der Waals surface area contributed by atoms with E-state index < -0.39 is 6.04 Å². The van der Waals surface area contributed by atoms with Gasteiger partial charge in [-0.2, -0.15) is 0 Å². The third-order valence-electron chi connectivity index (χ3n) is 3.75. The summed E-state index contributed by atoms with van der Waals surface area (Å²) in [5.41, 5.74) is -0.0348. The van der Waals surface area contributed by atoms with Gasteiger partial charge in [-0.1, -0.05) is 12.1 Å². The molecular formula is C15H25N5O3. The highest BCUT2D eigenvalue weighted by Gasteiger charge is 2.27. The van der Waals surface area contributed by atoms with Crippen LogP contribution in [0, 0.1) is 0 Å². The monoisotopic (exact) mass is 323 g/mol. The number of carbonyl (C=O) groups excluding carboxylic acids is 2. The van der Waals surface area contributed by atoms with Crippen LogP contribution >= 0.6 is 0 Å². The minimum Gasteiger partial charge on any atom is -0.378 e. The van der Waals surface area contributed by atoms with Crippen LogP contribution in [0.25, 0.3) is 0 Å². The number of hydrogen-bond donors (Lipinski definition) is 1. The molecule has 0 spiro atoms. The number of nitrogens with one attached hydrogen (secondary N) is 1. The van der Waals surface area contributed by atoms with Gasteiger partial charge in [0.1, 0.15) is 6.04 Å². The summed E-state index contributed by atoms with van der Waals surface area (Å²) in [6.45, 7) is 9.98. The smallest absolute Gasteiger partial charge is 0.274 e. The Morgan fingerprint density at radius 3 is 2.52 bits per heavy atom. The average Bonchev–Trinajstić information content (AvgIpc) is 3.03. The minimum atomic E-state index is -0.555. The van der Waals surface area contributed by atoms with Crippen LogP contribution in [0.15, 0.2) is 6.20 Å². The Hall–Kier alpha value is -1.96. The summed E-state index contributed by atoms with van der Waals surface area (Å²) in [5.74, 6) is -0.457. The van der Waals surface area contributed by atoms with Crippen LogP contribution in [0.4, 0.5) is 0 Å². The van der Waals surface area contributed by atoms with Crippen molar-refractivity contribution in [1.29, 1.82) is 0 Å². The van der Waals surface area contributed by atoms with Crippen molar-refractivity contribution in [2.75, 3.05) is 26.3 Å². The molecule has 1 atom stereocenters. The minimum absolute atomic E-state index is 0.0765. The van der Waals surface area contributed by atoms with Gasteiger partial charge in [0, 0.05) is 13.1 Å². The molecule has 1 aliphatic rings. The van der Waals surface area contributed by atoms with E-state index in [-0.39, 0.29) is 23.0 Å². The Morgan fingerprint density at radius 2 is 2.00 bits per heavy atom. The Kier molecular flexibility index (Phi) is 5.35. The molecule has 8 heteroatoms. The lowest BCUT2D eigenvalue weighted by Crippen LogP contribution is -2.51. The number of carbonyl (C=O) groups is 2. The first kappa shape index (κ1) is 17.4. The average molecular weight is 323 g/mol. The highest BCUT2D eigenvalue weighted by molar-refractivity contribution is 5.95. The number of morpholine rings is 1. The second-order valence-electron chi connectivity index (χ2n) is 6.59. The van der Waals surface area contributed by atoms with E-state index in [1.165, 1.54) is 0 Å². The van der Waals surface area contributed by atoms with Crippen LogP contribution in [0.1, 0.15) is 44.6 Å². The van der Waals surface area contributed by atoms with Gasteiger partial charge in [-0.25, -0.2) is 4.68 Å². The number of aromatic nitrogens is 3. The van der Waals surface area contributed by atoms with Gasteiger partial charge in [0.25, 0.3) is 5.91 Å². The van der Waals surface area contributed by atoms with Gasteiger partial charge in [-0.05, 0) is 27.2 Å². The van der Waals surface area contributed by atoms with Crippen molar-refractivity contribution >= 4 is 11.8 Å². The van der Waals surface area contributed by atoms with Crippen LogP contribution < -0.4 is 5.32 Å². The Morgan fingerprint density at radius 1 is 1.35 bits per heavy atom. The van der Waals surface area contributed by atoms with Gasteiger partial charge in [0.05, 0.1) is 24.9 Å². The first-order valence-electron chi connectivity index (χ1n) is 7.93. The van der Waals surface area contributed by atoms with Crippen molar-refractivity contribution in [3.63, 3.8) is 0 Å². The highest BCUT2D eigenvalue weighted by atomic mass is 16.5. The predicted octanol–water partition coefficient (Wildman–Crippen LogP) is 0.400. The summed E-state index contributed by atoms with van der Waals surface area (Å²) in [4.78, 5) is 26.5. The molecule has 128 valence electrons. The van der Waals surface area contributed by atoms with Gasteiger partial charge >= 0.3 is 0 Å². The molecule has 0 bridgehead atoms. The molecule has 0 saturated carbocycles. The summed E-state index contributed by atoms with van der Waals surface area (Å²) in [6.07, 6.45) is 2.12. The van der Waals surface area contributed by atoms with E-state index in [4.69, 9.17) is 4.74 Å². The van der Waals surface area contributed by atoms with Gasteiger partial charge in [-0.15, -0.1) is 5.10 Å². The first-order valence-corrected chi connectivity index (χ1v) is 7.93. The fraction of sp³-hybridized carbons (Fsp3) is 0.733. The molecule has 1 fully saturated rings. The van der Waals surface area contributed by atoms with E-state index in [1.54, 1.807) is 15.8 Å². The zero-order valence-electron chi connectivity index (χ0n) is 14.2. The summed E-state index contributed by atoms with van der Waals surface area (Å²) in [5, 5.41) is 10.6. The van der Waals surface area contributed by atoms with Crippen molar-refractivity contribution in [3.8, 4) is 0 Å². The third-order valence-corrected chi connectivity index (χ3v) is 3.75. The molecule has 0 radical (unpaired) electrons. The van der Waals surface area contributed by atoms with Crippen molar-refractivity contribution in [2.45, 2.75) is 45.7 Å². The van der Waals surface area contributed by atoms with Gasteiger partial charge in [0.2, 0.25) is 5.91 Å². The van der Waals surface area contributed by atoms with E-state index in [9.17, 15) is 9.59 Å². The molecule has 1 unspecified atom stereocenters. The largest absolute Gasteiger partial charge is 0.378 e. The van der Waals surface area contributed by atoms with Crippen molar-refractivity contribution < 1.29 is 14.3 Å². The maximum absolute atomic E-state index is 12.5. The van der Waals surface area contributed by atoms with E-state index in [0.717, 1.165) is 0 Å². The fourth-order valence-electron chi connectivity index (χ4n) is 2.27. The maximum Gasteiger partial charge on any atom is 0.274 e. The summed E-state index contributed by atoms with van der Waals surface area (Å²) in [7, 11) is 0. The second kappa shape index (κ2) is 7.08. The quantitative estimate of drug-likeness (QED) is 0.866. The highest BCUT2D eigenvalue weighted by Crippen LogP contribution is 2.12. The predicted molar refractivity (Wildman–Crippen MR) is 84.0 cm³/mol. The Labute approximate surface area is 136 Å². The normalized spacial score (nSPS) is 17.0. The number of hydrogen-bond acceptors (Lipinski definition) is 5. The van der Waals surface area contributed by atoms with E-state index in [2.05, 4.69) is 15.6 Å². The zero-order valence-corrected chi connectivity index (χ0v) is 14.2. The van der Waals surface area contributed by atoms with E-state index in [1.807, 2.05) is 27.7 Å². The van der Waals surface area contributed by atoms with Crippen LogP contribution in [0.2, 0.25) is 0 Å². The molecule has 1 N–H and O–H groups in total. The first-order chi connectivity index (χ1) is 10.8. The van der Waals surface area contributed by atoms with E-state index in [0.29, 0.717) is 32.7 Å². The van der Waals surface area contributed by atoms with Crippen LogP contribution in [0.3, 0.4) is 0 Å². The van der Waals surface area contributed by atoms with Crippen LogP contribution in [-0.4, -0.2) is 64.1 Å². The molecule has 8 nitrogen and oxygen atoms in total. The lowest BCUT2D eigenvalue weighted by molar-refractivity contribution is -0.137. The molecular weight excluding hydrogens is 298 g/mol. The molecule has 1 aromatic rings. The second-order valence-corrected chi connectivity index (χ2v) is 6.59. The van der Waals surface area contributed by atoms with Crippen molar-refractivity contribution in [1.82, 2.24) is 25.2 Å². The Balaban J connectivity index is 2.01. The van der Waals surface area contributed by atoms with Gasteiger partial charge in [0.15, 0.2) is 5.69 Å².